The van der Waals surface area contributed by atoms with Gasteiger partial charge in [-0.2, -0.15) is 0 Å². The summed E-state index contributed by atoms with van der Waals surface area (Å²) in [6, 6.07) is 0. The standard InChI is InChI=1S/C10H22O3/c1-9(6-8-13-3)10(11)5-4-7-12-2/h9-11H,4-8H2,1-3H3. The highest BCUT2D eigenvalue weighted by Crippen LogP contribution is 2.12. The fourth-order valence-electron chi connectivity index (χ4n) is 1.22. The lowest BCUT2D eigenvalue weighted by Gasteiger charge is -2.17. The molecule has 0 bridgehead atoms. The molecular formula is C10H22O3. The Morgan fingerprint density at radius 1 is 1.08 bits per heavy atom. The third kappa shape index (κ3) is 6.99. The molecule has 0 fully saturated rings. The van der Waals surface area contributed by atoms with Crippen molar-refractivity contribution in [1.29, 1.82) is 0 Å². The van der Waals surface area contributed by atoms with Crippen molar-refractivity contribution < 1.29 is 14.6 Å². The zero-order chi connectivity index (χ0) is 10.1. The number of ether oxygens (including phenoxy) is 2. The van der Waals surface area contributed by atoms with E-state index in [4.69, 9.17) is 9.47 Å². The van der Waals surface area contributed by atoms with Crippen molar-refractivity contribution in [3.8, 4) is 0 Å². The molecule has 0 spiro atoms. The molecule has 0 saturated carbocycles. The Morgan fingerprint density at radius 2 is 1.69 bits per heavy atom. The minimum absolute atomic E-state index is 0.217. The zero-order valence-corrected chi connectivity index (χ0v) is 8.95. The molecule has 3 heteroatoms. The number of aliphatic hydroxyl groups excluding tert-OH is 1. The van der Waals surface area contributed by atoms with Crippen LogP contribution in [0.5, 0.6) is 0 Å². The summed E-state index contributed by atoms with van der Waals surface area (Å²) in [5.41, 5.74) is 0. The van der Waals surface area contributed by atoms with E-state index in [-0.39, 0.29) is 6.10 Å². The summed E-state index contributed by atoms with van der Waals surface area (Å²) in [5.74, 6) is 0.316. The number of hydrogen-bond acceptors (Lipinski definition) is 3. The third-order valence-corrected chi connectivity index (χ3v) is 2.28. The fourth-order valence-corrected chi connectivity index (χ4v) is 1.22. The van der Waals surface area contributed by atoms with Crippen LogP contribution < -0.4 is 0 Å². The molecule has 0 amide bonds. The first-order valence-corrected chi connectivity index (χ1v) is 4.88. The van der Waals surface area contributed by atoms with Gasteiger partial charge in [-0.15, -0.1) is 0 Å². The van der Waals surface area contributed by atoms with E-state index in [0.717, 1.165) is 32.5 Å². The number of methoxy groups -OCH3 is 2. The summed E-state index contributed by atoms with van der Waals surface area (Å²) in [7, 11) is 3.37. The molecule has 2 unspecified atom stereocenters. The molecule has 0 heterocycles. The van der Waals surface area contributed by atoms with Gasteiger partial charge in [-0.1, -0.05) is 6.92 Å². The Hall–Kier alpha value is -0.120. The number of aliphatic hydroxyl groups is 1. The Labute approximate surface area is 81.0 Å². The van der Waals surface area contributed by atoms with E-state index in [2.05, 4.69) is 6.92 Å². The van der Waals surface area contributed by atoms with Crippen LogP contribution in [-0.4, -0.2) is 38.6 Å². The molecule has 1 N–H and O–H groups in total. The number of rotatable bonds is 8. The summed E-state index contributed by atoms with van der Waals surface area (Å²) in [4.78, 5) is 0. The van der Waals surface area contributed by atoms with Crippen LogP contribution >= 0.6 is 0 Å². The number of hydrogen-bond donors (Lipinski definition) is 1. The lowest BCUT2D eigenvalue weighted by Crippen LogP contribution is -2.19. The van der Waals surface area contributed by atoms with Crippen LogP contribution in [0, 0.1) is 5.92 Å². The van der Waals surface area contributed by atoms with Gasteiger partial charge in [0.15, 0.2) is 0 Å². The van der Waals surface area contributed by atoms with Gasteiger partial charge in [0, 0.05) is 27.4 Å². The van der Waals surface area contributed by atoms with Crippen molar-refractivity contribution in [3.63, 3.8) is 0 Å². The van der Waals surface area contributed by atoms with E-state index in [1.807, 2.05) is 0 Å². The smallest absolute Gasteiger partial charge is 0.0567 e. The summed E-state index contributed by atoms with van der Waals surface area (Å²) >= 11 is 0. The van der Waals surface area contributed by atoms with Gasteiger partial charge in [-0.25, -0.2) is 0 Å². The second kappa shape index (κ2) is 8.48. The van der Waals surface area contributed by atoms with Gasteiger partial charge in [0.05, 0.1) is 6.10 Å². The first-order valence-electron chi connectivity index (χ1n) is 4.88. The minimum Gasteiger partial charge on any atom is -0.393 e. The highest BCUT2D eigenvalue weighted by atomic mass is 16.5. The van der Waals surface area contributed by atoms with E-state index in [1.165, 1.54) is 0 Å². The molecule has 0 aromatic carbocycles. The third-order valence-electron chi connectivity index (χ3n) is 2.28. The molecule has 0 aliphatic carbocycles. The molecule has 13 heavy (non-hydrogen) atoms. The van der Waals surface area contributed by atoms with E-state index >= 15 is 0 Å². The highest BCUT2D eigenvalue weighted by molar-refractivity contribution is 4.64. The van der Waals surface area contributed by atoms with Gasteiger partial charge >= 0.3 is 0 Å². The predicted molar refractivity (Wildman–Crippen MR) is 52.8 cm³/mol. The predicted octanol–water partition coefficient (Wildman–Crippen LogP) is 1.45. The van der Waals surface area contributed by atoms with E-state index in [1.54, 1.807) is 14.2 Å². The van der Waals surface area contributed by atoms with E-state index in [9.17, 15) is 5.11 Å². The average Bonchev–Trinajstić information content (AvgIpc) is 2.14. The quantitative estimate of drug-likeness (QED) is 0.589. The molecule has 0 saturated heterocycles. The van der Waals surface area contributed by atoms with Crippen molar-refractivity contribution in [2.24, 2.45) is 5.92 Å². The van der Waals surface area contributed by atoms with Gasteiger partial charge in [-0.3, -0.25) is 0 Å². The molecule has 0 aliphatic heterocycles. The minimum atomic E-state index is -0.217. The van der Waals surface area contributed by atoms with Crippen LogP contribution in [0.4, 0.5) is 0 Å². The van der Waals surface area contributed by atoms with Crippen LogP contribution in [0.15, 0.2) is 0 Å². The average molecular weight is 190 g/mol. The van der Waals surface area contributed by atoms with Gasteiger partial charge in [-0.05, 0) is 25.2 Å². The van der Waals surface area contributed by atoms with Crippen LogP contribution in [-0.2, 0) is 9.47 Å². The van der Waals surface area contributed by atoms with E-state index in [0.29, 0.717) is 5.92 Å². The van der Waals surface area contributed by atoms with Crippen molar-refractivity contribution in [3.05, 3.63) is 0 Å². The first kappa shape index (κ1) is 12.9. The maximum atomic E-state index is 9.66. The molecule has 3 nitrogen and oxygen atoms in total. The molecule has 2 atom stereocenters. The van der Waals surface area contributed by atoms with Crippen LogP contribution in [0.2, 0.25) is 0 Å². The van der Waals surface area contributed by atoms with Crippen molar-refractivity contribution in [2.75, 3.05) is 27.4 Å². The van der Waals surface area contributed by atoms with Crippen LogP contribution in [0.25, 0.3) is 0 Å². The van der Waals surface area contributed by atoms with Gasteiger partial charge in [0.2, 0.25) is 0 Å². The lowest BCUT2D eigenvalue weighted by molar-refractivity contribution is 0.0723. The van der Waals surface area contributed by atoms with Crippen molar-refractivity contribution in [1.82, 2.24) is 0 Å². The van der Waals surface area contributed by atoms with Crippen molar-refractivity contribution >= 4 is 0 Å². The lowest BCUT2D eigenvalue weighted by atomic mass is 9.98. The topological polar surface area (TPSA) is 38.7 Å². The van der Waals surface area contributed by atoms with E-state index < -0.39 is 0 Å². The summed E-state index contributed by atoms with van der Waals surface area (Å²) in [6.07, 6.45) is 2.45. The molecule has 0 radical (unpaired) electrons. The van der Waals surface area contributed by atoms with Gasteiger partial charge in [0.1, 0.15) is 0 Å². The normalized spacial score (nSPS) is 15.7. The Balaban J connectivity index is 3.38. The van der Waals surface area contributed by atoms with Gasteiger partial charge < -0.3 is 14.6 Å². The molecular weight excluding hydrogens is 168 g/mol. The molecule has 0 rings (SSSR count). The monoisotopic (exact) mass is 190 g/mol. The Bertz CT molecular complexity index is 106. The summed E-state index contributed by atoms with van der Waals surface area (Å²) in [6.45, 7) is 3.51. The molecule has 80 valence electrons. The Morgan fingerprint density at radius 3 is 2.23 bits per heavy atom. The summed E-state index contributed by atoms with van der Waals surface area (Å²) < 4.78 is 9.87. The van der Waals surface area contributed by atoms with Crippen molar-refractivity contribution in [2.45, 2.75) is 32.3 Å². The fraction of sp³-hybridized carbons (Fsp3) is 1.00. The maximum absolute atomic E-state index is 9.66. The second-order valence-corrected chi connectivity index (χ2v) is 3.46. The first-order chi connectivity index (χ1) is 6.22. The molecule has 0 aromatic heterocycles. The maximum Gasteiger partial charge on any atom is 0.0567 e. The molecule has 0 aromatic rings. The largest absolute Gasteiger partial charge is 0.393 e. The second-order valence-electron chi connectivity index (χ2n) is 3.46. The van der Waals surface area contributed by atoms with Gasteiger partial charge in [0.25, 0.3) is 0 Å². The van der Waals surface area contributed by atoms with Crippen LogP contribution in [0.3, 0.4) is 0 Å². The van der Waals surface area contributed by atoms with Crippen LogP contribution in [0.1, 0.15) is 26.2 Å². The SMILES string of the molecule is COCCCC(O)C(C)CCOC. The molecule has 0 aliphatic rings. The zero-order valence-electron chi connectivity index (χ0n) is 8.95. The Kier molecular flexibility index (Phi) is 8.40. The highest BCUT2D eigenvalue weighted by Gasteiger charge is 2.12. The summed E-state index contributed by atoms with van der Waals surface area (Å²) in [5, 5.41) is 9.66.